The van der Waals surface area contributed by atoms with Gasteiger partial charge in [-0.2, -0.15) is 0 Å². The third-order valence-electron chi connectivity index (χ3n) is 1.87. The van der Waals surface area contributed by atoms with E-state index < -0.39 is 7.87 Å². The Kier molecular flexibility index (Phi) is 3.88. The minimum absolute atomic E-state index is 1.96. The Hall–Kier alpha value is 0.270. The van der Waals surface area contributed by atoms with Crippen molar-refractivity contribution in [2.45, 2.75) is 0 Å². The maximum atomic E-state index is 8.20. The molecular formula is C6H20N4P. The van der Waals surface area contributed by atoms with Crippen molar-refractivity contribution in [3.05, 3.63) is 0 Å². The van der Waals surface area contributed by atoms with Gasteiger partial charge in [-0.25, -0.2) is 0 Å². The van der Waals surface area contributed by atoms with Crippen LogP contribution in [0.4, 0.5) is 0 Å². The molecule has 0 aromatic heterocycles. The minimum atomic E-state index is -2.23. The standard InChI is InChI=1S/C6H20N4P/c1-8(2)11(7,9(3)4)10(5)6/h7,11H,1-6H3. The first-order chi connectivity index (χ1) is 4.83. The van der Waals surface area contributed by atoms with Crippen LogP contribution in [0.2, 0.25) is 0 Å². The molecule has 0 rings (SSSR count). The van der Waals surface area contributed by atoms with Gasteiger partial charge in [-0.1, -0.05) is 0 Å². The van der Waals surface area contributed by atoms with Crippen LogP contribution in [-0.2, 0) is 0 Å². The molecule has 0 aromatic rings. The van der Waals surface area contributed by atoms with E-state index in [-0.39, 0.29) is 0 Å². The van der Waals surface area contributed by atoms with Gasteiger partial charge in [0.2, 0.25) is 0 Å². The van der Waals surface area contributed by atoms with Crippen molar-refractivity contribution in [2.24, 2.45) is 0 Å². The Morgan fingerprint density at radius 1 is 0.727 bits per heavy atom. The van der Waals surface area contributed by atoms with E-state index in [1.54, 1.807) is 0 Å². The summed E-state index contributed by atoms with van der Waals surface area (Å²) in [6.07, 6.45) is 0. The molecule has 1 N–H and O–H groups in total. The van der Waals surface area contributed by atoms with Crippen molar-refractivity contribution in [2.75, 3.05) is 42.3 Å². The van der Waals surface area contributed by atoms with Gasteiger partial charge < -0.3 is 0 Å². The van der Waals surface area contributed by atoms with Crippen LogP contribution in [0.15, 0.2) is 0 Å². The number of nitrogens with one attached hydrogen (secondary N) is 1. The SMILES string of the molecule is CN(C)[PH]([NH])(N(C)C)N(C)C. The molecule has 0 fully saturated rings. The molecule has 1 radical (unpaired) electrons. The molecule has 0 atom stereocenters. The van der Waals surface area contributed by atoms with Gasteiger partial charge in [-0.05, 0) is 0 Å². The van der Waals surface area contributed by atoms with E-state index in [4.69, 9.17) is 5.50 Å². The van der Waals surface area contributed by atoms with Gasteiger partial charge in [0.15, 0.2) is 0 Å². The average Bonchev–Trinajstić information content (AvgIpc) is 1.84. The zero-order valence-electron chi connectivity index (χ0n) is 8.34. The van der Waals surface area contributed by atoms with Crippen molar-refractivity contribution >= 4 is 7.87 Å². The van der Waals surface area contributed by atoms with Gasteiger partial charge in [-0.3, -0.25) is 0 Å². The molecule has 5 heteroatoms. The second kappa shape index (κ2) is 3.78. The zero-order valence-corrected chi connectivity index (χ0v) is 9.34. The second-order valence-electron chi connectivity index (χ2n) is 3.32. The molecule has 0 unspecified atom stereocenters. The summed E-state index contributed by atoms with van der Waals surface area (Å²) in [7, 11) is 9.51. The monoisotopic (exact) mass is 179 g/mol. The molecule has 0 saturated heterocycles. The van der Waals surface area contributed by atoms with Crippen LogP contribution in [0.5, 0.6) is 0 Å². The summed E-state index contributed by atoms with van der Waals surface area (Å²) in [5.74, 6) is 0. The fourth-order valence-corrected chi connectivity index (χ4v) is 3.60. The van der Waals surface area contributed by atoms with E-state index >= 15 is 0 Å². The van der Waals surface area contributed by atoms with Gasteiger partial charge >= 0.3 is 69.7 Å². The number of hydrogen-bond donors (Lipinski definition) is 0. The number of nitrogens with zero attached hydrogens (tertiary/aromatic N) is 3. The molecule has 0 aliphatic carbocycles. The van der Waals surface area contributed by atoms with Crippen LogP contribution in [0.1, 0.15) is 0 Å². The molecule has 0 spiro atoms. The summed E-state index contributed by atoms with van der Waals surface area (Å²) in [5, 5.41) is 0. The summed E-state index contributed by atoms with van der Waals surface area (Å²) in [4.78, 5) is 0. The van der Waals surface area contributed by atoms with Gasteiger partial charge in [0, 0.05) is 0 Å². The molecule has 11 heavy (non-hydrogen) atoms. The van der Waals surface area contributed by atoms with Crippen molar-refractivity contribution in [3.63, 3.8) is 0 Å². The van der Waals surface area contributed by atoms with Crippen LogP contribution < -0.4 is 5.50 Å². The Balaban J connectivity index is 4.53. The predicted molar refractivity (Wildman–Crippen MR) is 52.5 cm³/mol. The van der Waals surface area contributed by atoms with Gasteiger partial charge in [0.1, 0.15) is 0 Å². The van der Waals surface area contributed by atoms with Crippen LogP contribution in [-0.4, -0.2) is 56.3 Å². The average molecular weight is 179 g/mol. The molecule has 0 amide bonds. The summed E-state index contributed by atoms with van der Waals surface area (Å²) >= 11 is 0. The fraction of sp³-hybridized carbons (Fsp3) is 1.00. The first kappa shape index (κ1) is 11.3. The third-order valence-corrected chi connectivity index (χ3v) is 5.61. The van der Waals surface area contributed by atoms with E-state index in [2.05, 4.69) is 0 Å². The summed E-state index contributed by atoms with van der Waals surface area (Å²) < 4.78 is 5.98. The molecule has 0 saturated carbocycles. The Morgan fingerprint density at radius 2 is 0.909 bits per heavy atom. The molecule has 0 aliphatic heterocycles. The Labute approximate surface area is 70.5 Å². The third kappa shape index (κ3) is 2.10. The second-order valence-corrected chi connectivity index (χ2v) is 7.27. The van der Waals surface area contributed by atoms with Crippen molar-refractivity contribution < 1.29 is 0 Å². The number of rotatable bonds is 3. The van der Waals surface area contributed by atoms with Crippen LogP contribution in [0.25, 0.3) is 0 Å². The van der Waals surface area contributed by atoms with Crippen LogP contribution in [0.3, 0.4) is 0 Å². The molecule has 0 bridgehead atoms. The van der Waals surface area contributed by atoms with Gasteiger partial charge in [0.25, 0.3) is 0 Å². The predicted octanol–water partition coefficient (Wildman–Crippen LogP) is 0.364. The van der Waals surface area contributed by atoms with Gasteiger partial charge in [0.05, 0.1) is 0 Å². The van der Waals surface area contributed by atoms with Gasteiger partial charge in [-0.15, -0.1) is 0 Å². The molecular weight excluding hydrogens is 159 g/mol. The fourth-order valence-electron chi connectivity index (χ4n) is 1.20. The summed E-state index contributed by atoms with van der Waals surface area (Å²) in [6.45, 7) is 0. The molecule has 4 nitrogen and oxygen atoms in total. The van der Waals surface area contributed by atoms with Crippen molar-refractivity contribution in [1.82, 2.24) is 19.5 Å². The Bertz CT molecular complexity index is 102. The van der Waals surface area contributed by atoms with Crippen LogP contribution >= 0.6 is 7.87 Å². The normalized spacial score (nSPS) is 15.1. The van der Waals surface area contributed by atoms with E-state index in [0.717, 1.165) is 0 Å². The van der Waals surface area contributed by atoms with Crippen molar-refractivity contribution in [1.29, 1.82) is 0 Å². The van der Waals surface area contributed by atoms with Crippen LogP contribution in [0, 0.1) is 0 Å². The van der Waals surface area contributed by atoms with Crippen molar-refractivity contribution in [3.8, 4) is 0 Å². The maximum absolute atomic E-state index is 8.20. The molecule has 69 valence electrons. The number of hydrogen-bond acceptors (Lipinski definition) is 3. The van der Waals surface area contributed by atoms with E-state index in [1.807, 2.05) is 56.3 Å². The topological polar surface area (TPSA) is 33.5 Å². The van der Waals surface area contributed by atoms with E-state index in [9.17, 15) is 0 Å². The molecule has 0 heterocycles. The first-order valence-corrected chi connectivity index (χ1v) is 5.45. The van der Waals surface area contributed by atoms with E-state index in [1.165, 1.54) is 0 Å². The van der Waals surface area contributed by atoms with E-state index in [0.29, 0.717) is 0 Å². The zero-order chi connectivity index (χ0) is 9.23. The molecule has 0 aliphatic rings. The quantitative estimate of drug-likeness (QED) is 0.587. The summed E-state index contributed by atoms with van der Waals surface area (Å²) in [6, 6.07) is 0. The first-order valence-electron chi connectivity index (χ1n) is 3.60. The molecule has 0 aromatic carbocycles. The Morgan fingerprint density at radius 3 is 0.909 bits per heavy atom. The summed E-state index contributed by atoms with van der Waals surface area (Å²) in [5.41, 5.74) is 8.20.